The minimum atomic E-state index is -4.47. The maximum atomic E-state index is 13.5. The summed E-state index contributed by atoms with van der Waals surface area (Å²) in [6.07, 6.45) is -2.01. The van der Waals surface area contributed by atoms with Gasteiger partial charge in [-0.1, -0.05) is 54.6 Å². The number of pyridine rings is 1. The first kappa shape index (κ1) is 22.3. The molecule has 33 heavy (non-hydrogen) atoms. The molecule has 0 aliphatic heterocycles. The largest absolute Gasteiger partial charge is 0.417 e. The minimum Gasteiger partial charge on any atom is -0.354 e. The summed E-state index contributed by atoms with van der Waals surface area (Å²) in [6, 6.07) is 22.2. The molecule has 0 amide bonds. The Hall–Kier alpha value is -3.94. The van der Waals surface area contributed by atoms with E-state index >= 15 is 0 Å². The second-order valence-corrected chi connectivity index (χ2v) is 7.38. The van der Waals surface area contributed by atoms with Crippen molar-refractivity contribution in [2.75, 3.05) is 23.8 Å². The Balaban J connectivity index is 1.52. The number of alkyl halides is 3. The van der Waals surface area contributed by atoms with E-state index in [0.29, 0.717) is 24.1 Å². The van der Waals surface area contributed by atoms with Crippen LogP contribution >= 0.6 is 0 Å². The third-order valence-corrected chi connectivity index (χ3v) is 5.11. The second-order valence-electron chi connectivity index (χ2n) is 7.38. The number of hydrogen-bond acceptors (Lipinski definition) is 5. The fourth-order valence-electron chi connectivity index (χ4n) is 3.42. The van der Waals surface area contributed by atoms with Crippen molar-refractivity contribution >= 4 is 17.6 Å². The molecule has 0 atom stereocenters. The van der Waals surface area contributed by atoms with Gasteiger partial charge in [0.15, 0.2) is 0 Å². The van der Waals surface area contributed by atoms with E-state index in [1.807, 2.05) is 18.2 Å². The zero-order chi connectivity index (χ0) is 23.3. The van der Waals surface area contributed by atoms with E-state index in [1.54, 1.807) is 48.5 Å². The highest BCUT2D eigenvalue weighted by molar-refractivity contribution is 5.67. The topological polar surface area (TPSA) is 53.9 Å². The fourth-order valence-corrected chi connectivity index (χ4v) is 3.42. The van der Waals surface area contributed by atoms with Crippen molar-refractivity contribution in [2.24, 2.45) is 0 Å². The summed E-state index contributed by atoms with van der Waals surface area (Å²) in [5, 5.41) is 3.21. The zero-order valence-electron chi connectivity index (χ0n) is 17.9. The summed E-state index contributed by atoms with van der Waals surface area (Å²) in [5.41, 5.74) is 0.761. The Labute approximate surface area is 190 Å². The number of aromatic nitrogens is 3. The summed E-state index contributed by atoms with van der Waals surface area (Å²) >= 11 is 0. The molecule has 2 heterocycles. The van der Waals surface area contributed by atoms with Crippen LogP contribution in [0.1, 0.15) is 11.1 Å². The average Bonchev–Trinajstić information content (AvgIpc) is 2.84. The van der Waals surface area contributed by atoms with Gasteiger partial charge in [-0.15, -0.1) is 0 Å². The summed E-state index contributed by atoms with van der Waals surface area (Å²) in [5.74, 6) is 1.51. The standard InChI is InChI=1S/C25H22F3N5/c1-33(23-15-17-30-24(32-23)29-16-14-18-8-3-2-4-9-18)22-13-7-12-21(31-22)19-10-5-6-11-20(19)25(26,27)28/h2-13,15,17H,14,16H2,1H3,(H,29,30,32). The number of rotatable bonds is 7. The van der Waals surface area contributed by atoms with Crippen LogP contribution in [0, 0.1) is 0 Å². The van der Waals surface area contributed by atoms with E-state index in [0.717, 1.165) is 12.5 Å². The molecule has 2 aromatic heterocycles. The first-order valence-corrected chi connectivity index (χ1v) is 10.4. The van der Waals surface area contributed by atoms with Gasteiger partial charge in [-0.25, -0.2) is 9.97 Å². The summed E-state index contributed by atoms with van der Waals surface area (Å²) < 4.78 is 40.4. The van der Waals surface area contributed by atoms with Crippen molar-refractivity contribution in [3.8, 4) is 11.3 Å². The first-order chi connectivity index (χ1) is 15.9. The lowest BCUT2D eigenvalue weighted by molar-refractivity contribution is -0.137. The van der Waals surface area contributed by atoms with Gasteiger partial charge in [0.1, 0.15) is 11.6 Å². The van der Waals surface area contributed by atoms with Crippen molar-refractivity contribution in [3.63, 3.8) is 0 Å². The van der Waals surface area contributed by atoms with E-state index in [9.17, 15) is 13.2 Å². The molecule has 0 aliphatic rings. The summed E-state index contributed by atoms with van der Waals surface area (Å²) in [6.45, 7) is 0.666. The third-order valence-electron chi connectivity index (χ3n) is 5.11. The van der Waals surface area contributed by atoms with Crippen LogP contribution in [0.5, 0.6) is 0 Å². The van der Waals surface area contributed by atoms with Gasteiger partial charge in [0.25, 0.3) is 0 Å². The minimum absolute atomic E-state index is 0.0335. The molecule has 168 valence electrons. The highest BCUT2D eigenvalue weighted by Gasteiger charge is 2.33. The monoisotopic (exact) mass is 449 g/mol. The highest BCUT2D eigenvalue weighted by atomic mass is 19.4. The molecule has 8 heteroatoms. The SMILES string of the molecule is CN(c1cccc(-c2ccccc2C(F)(F)F)n1)c1ccnc(NCCc2ccccc2)n1. The third kappa shape index (κ3) is 5.46. The maximum Gasteiger partial charge on any atom is 0.417 e. The van der Waals surface area contributed by atoms with Gasteiger partial charge in [-0.05, 0) is 36.2 Å². The predicted molar refractivity (Wildman–Crippen MR) is 123 cm³/mol. The van der Waals surface area contributed by atoms with Crippen molar-refractivity contribution in [1.82, 2.24) is 15.0 Å². The van der Waals surface area contributed by atoms with Crippen LogP contribution < -0.4 is 10.2 Å². The van der Waals surface area contributed by atoms with E-state index in [2.05, 4.69) is 32.4 Å². The van der Waals surface area contributed by atoms with E-state index in [-0.39, 0.29) is 11.3 Å². The molecule has 4 aromatic rings. The van der Waals surface area contributed by atoms with Crippen LogP contribution in [0.4, 0.5) is 30.8 Å². The van der Waals surface area contributed by atoms with Gasteiger partial charge >= 0.3 is 6.18 Å². The molecule has 0 fully saturated rings. The maximum absolute atomic E-state index is 13.5. The van der Waals surface area contributed by atoms with Gasteiger partial charge in [0.2, 0.25) is 5.95 Å². The smallest absolute Gasteiger partial charge is 0.354 e. The number of halogens is 3. The number of benzene rings is 2. The Morgan fingerprint density at radius 1 is 0.818 bits per heavy atom. The number of anilines is 3. The highest BCUT2D eigenvalue weighted by Crippen LogP contribution is 2.36. The zero-order valence-corrected chi connectivity index (χ0v) is 17.9. The normalized spacial score (nSPS) is 11.3. The van der Waals surface area contributed by atoms with Crippen LogP contribution in [-0.4, -0.2) is 28.5 Å². The van der Waals surface area contributed by atoms with Crippen molar-refractivity contribution < 1.29 is 13.2 Å². The molecule has 0 aliphatic carbocycles. The number of nitrogens with zero attached hydrogens (tertiary/aromatic N) is 4. The number of hydrogen-bond donors (Lipinski definition) is 1. The van der Waals surface area contributed by atoms with E-state index in [4.69, 9.17) is 0 Å². The molecule has 2 aromatic carbocycles. The second kappa shape index (κ2) is 9.68. The fraction of sp³-hybridized carbons (Fsp3) is 0.160. The lowest BCUT2D eigenvalue weighted by Gasteiger charge is -2.19. The summed E-state index contributed by atoms with van der Waals surface area (Å²) in [7, 11) is 1.76. The molecule has 0 bridgehead atoms. The van der Waals surface area contributed by atoms with Gasteiger partial charge in [-0.2, -0.15) is 18.2 Å². The molecule has 5 nitrogen and oxygen atoms in total. The molecule has 1 N–H and O–H groups in total. The molecule has 0 saturated carbocycles. The molecule has 0 spiro atoms. The van der Waals surface area contributed by atoms with Crippen LogP contribution in [0.15, 0.2) is 85.1 Å². The van der Waals surface area contributed by atoms with Crippen LogP contribution in [0.25, 0.3) is 11.3 Å². The molecule has 4 rings (SSSR count). The van der Waals surface area contributed by atoms with Crippen molar-refractivity contribution in [3.05, 3.63) is 96.2 Å². The Morgan fingerprint density at radius 2 is 1.55 bits per heavy atom. The first-order valence-electron chi connectivity index (χ1n) is 10.4. The molecular formula is C25H22F3N5. The molecule has 0 saturated heterocycles. The molecular weight excluding hydrogens is 427 g/mol. The Kier molecular flexibility index (Phi) is 6.53. The lowest BCUT2D eigenvalue weighted by Crippen LogP contribution is -2.15. The van der Waals surface area contributed by atoms with Gasteiger partial charge in [-0.3, -0.25) is 0 Å². The van der Waals surface area contributed by atoms with Gasteiger partial charge in [0, 0.05) is 25.4 Å². The number of nitrogens with one attached hydrogen (secondary N) is 1. The van der Waals surface area contributed by atoms with Crippen LogP contribution in [0.3, 0.4) is 0 Å². The lowest BCUT2D eigenvalue weighted by atomic mass is 10.0. The predicted octanol–water partition coefficient (Wildman–Crippen LogP) is 5.98. The van der Waals surface area contributed by atoms with Crippen molar-refractivity contribution in [1.29, 1.82) is 0 Å². The summed E-state index contributed by atoms with van der Waals surface area (Å²) in [4.78, 5) is 15.0. The van der Waals surface area contributed by atoms with Crippen LogP contribution in [0.2, 0.25) is 0 Å². The van der Waals surface area contributed by atoms with E-state index in [1.165, 1.54) is 17.7 Å². The van der Waals surface area contributed by atoms with Gasteiger partial charge < -0.3 is 10.2 Å². The average molecular weight is 449 g/mol. The van der Waals surface area contributed by atoms with E-state index < -0.39 is 11.7 Å². The van der Waals surface area contributed by atoms with Crippen molar-refractivity contribution in [2.45, 2.75) is 12.6 Å². The molecule has 0 unspecified atom stereocenters. The molecule has 0 radical (unpaired) electrons. The quantitative estimate of drug-likeness (QED) is 0.376. The Bertz CT molecular complexity index is 1210. The van der Waals surface area contributed by atoms with Gasteiger partial charge in [0.05, 0.1) is 11.3 Å². The van der Waals surface area contributed by atoms with Crippen LogP contribution in [-0.2, 0) is 12.6 Å². The Morgan fingerprint density at radius 3 is 2.33 bits per heavy atom.